The number of carbonyl (C=O) groups is 1. The van der Waals surface area contributed by atoms with E-state index >= 15 is 0 Å². The maximum Gasteiger partial charge on any atom is 0.343 e. The second-order valence-corrected chi connectivity index (χ2v) is 7.25. The van der Waals surface area contributed by atoms with Crippen molar-refractivity contribution in [2.24, 2.45) is 0 Å². The van der Waals surface area contributed by atoms with E-state index in [2.05, 4.69) is 0 Å². The lowest BCUT2D eigenvalue weighted by Crippen LogP contribution is -2.22. The van der Waals surface area contributed by atoms with Gasteiger partial charge >= 0.3 is 5.97 Å². The number of benzene rings is 2. The standard InChI is InChI=1S/C15H14ClNO4S/c1-17(2)22(19,20)14-5-3-4-11(10-14)15(18)21-13-8-6-12(16)7-9-13/h3-10H,1-2H3. The van der Waals surface area contributed by atoms with Gasteiger partial charge in [-0.3, -0.25) is 0 Å². The number of esters is 1. The molecule has 7 heteroatoms. The first-order valence-electron chi connectivity index (χ1n) is 6.31. The van der Waals surface area contributed by atoms with Crippen LogP contribution in [0.2, 0.25) is 5.02 Å². The van der Waals surface area contributed by atoms with E-state index in [-0.39, 0.29) is 10.5 Å². The largest absolute Gasteiger partial charge is 0.423 e. The summed E-state index contributed by atoms with van der Waals surface area (Å²) in [5.41, 5.74) is 0.151. The minimum absolute atomic E-state index is 0.0306. The van der Waals surface area contributed by atoms with E-state index in [4.69, 9.17) is 16.3 Å². The minimum atomic E-state index is -3.60. The van der Waals surface area contributed by atoms with Crippen molar-refractivity contribution >= 4 is 27.6 Å². The van der Waals surface area contributed by atoms with Gasteiger partial charge in [-0.15, -0.1) is 0 Å². The molecule has 0 atom stereocenters. The van der Waals surface area contributed by atoms with Crippen LogP contribution in [-0.4, -0.2) is 32.8 Å². The maximum absolute atomic E-state index is 12.1. The molecule has 0 aliphatic rings. The summed E-state index contributed by atoms with van der Waals surface area (Å²) in [7, 11) is -0.754. The van der Waals surface area contributed by atoms with E-state index < -0.39 is 16.0 Å². The molecule has 2 aromatic rings. The van der Waals surface area contributed by atoms with Crippen molar-refractivity contribution in [1.82, 2.24) is 4.31 Å². The Kier molecular flexibility index (Phi) is 4.85. The third-order valence-corrected chi connectivity index (χ3v) is 4.94. The molecular formula is C15H14ClNO4S. The SMILES string of the molecule is CN(C)S(=O)(=O)c1cccc(C(=O)Oc2ccc(Cl)cc2)c1. The fourth-order valence-electron chi connectivity index (χ4n) is 1.66. The van der Waals surface area contributed by atoms with E-state index in [0.717, 1.165) is 4.31 Å². The lowest BCUT2D eigenvalue weighted by Gasteiger charge is -2.12. The van der Waals surface area contributed by atoms with Crippen LogP contribution < -0.4 is 4.74 Å². The second-order valence-electron chi connectivity index (χ2n) is 4.66. The third kappa shape index (κ3) is 3.65. The molecule has 2 aromatic carbocycles. The van der Waals surface area contributed by atoms with Gasteiger partial charge < -0.3 is 4.74 Å². The van der Waals surface area contributed by atoms with E-state index in [1.165, 1.54) is 38.4 Å². The van der Waals surface area contributed by atoms with Gasteiger partial charge in [0.15, 0.2) is 0 Å². The van der Waals surface area contributed by atoms with Crippen molar-refractivity contribution in [2.75, 3.05) is 14.1 Å². The number of ether oxygens (including phenoxy) is 1. The molecule has 0 bridgehead atoms. The Morgan fingerprint density at radius 2 is 1.73 bits per heavy atom. The average molecular weight is 340 g/mol. The van der Waals surface area contributed by atoms with Crippen LogP contribution >= 0.6 is 11.6 Å². The average Bonchev–Trinajstić information content (AvgIpc) is 2.49. The monoisotopic (exact) mass is 339 g/mol. The summed E-state index contributed by atoms with van der Waals surface area (Å²) in [6.45, 7) is 0. The number of hydrogen-bond acceptors (Lipinski definition) is 4. The number of carbonyl (C=O) groups excluding carboxylic acids is 1. The smallest absolute Gasteiger partial charge is 0.343 e. The van der Waals surface area contributed by atoms with Crippen LogP contribution in [0.15, 0.2) is 53.4 Å². The molecule has 5 nitrogen and oxygen atoms in total. The second kappa shape index (κ2) is 6.48. The molecule has 0 unspecified atom stereocenters. The predicted octanol–water partition coefficient (Wildman–Crippen LogP) is 2.81. The molecular weight excluding hydrogens is 326 g/mol. The van der Waals surface area contributed by atoms with Crippen molar-refractivity contribution in [3.63, 3.8) is 0 Å². The van der Waals surface area contributed by atoms with Crippen molar-refractivity contribution in [2.45, 2.75) is 4.90 Å². The summed E-state index contributed by atoms with van der Waals surface area (Å²) in [5, 5.41) is 0.527. The fourth-order valence-corrected chi connectivity index (χ4v) is 2.74. The number of sulfonamides is 1. The van der Waals surface area contributed by atoms with Gasteiger partial charge in [-0.2, -0.15) is 0 Å². The van der Waals surface area contributed by atoms with E-state index in [1.807, 2.05) is 0 Å². The summed E-state index contributed by atoms with van der Waals surface area (Å²) in [4.78, 5) is 12.1. The Bertz CT molecular complexity index is 785. The first-order valence-corrected chi connectivity index (χ1v) is 8.13. The van der Waals surface area contributed by atoms with Crippen molar-refractivity contribution < 1.29 is 17.9 Å². The highest BCUT2D eigenvalue weighted by Gasteiger charge is 2.19. The summed E-state index contributed by atoms with van der Waals surface area (Å²) in [6, 6.07) is 12.0. The van der Waals surface area contributed by atoms with Crippen LogP contribution in [0, 0.1) is 0 Å². The van der Waals surface area contributed by atoms with Crippen molar-refractivity contribution in [1.29, 1.82) is 0 Å². The van der Waals surface area contributed by atoms with Crippen LogP contribution in [-0.2, 0) is 10.0 Å². The molecule has 22 heavy (non-hydrogen) atoms. The highest BCUT2D eigenvalue weighted by Crippen LogP contribution is 2.19. The molecule has 0 amide bonds. The Balaban J connectivity index is 2.26. The quantitative estimate of drug-likeness (QED) is 0.634. The van der Waals surface area contributed by atoms with Crippen LogP contribution in [0.4, 0.5) is 0 Å². The van der Waals surface area contributed by atoms with E-state index in [1.54, 1.807) is 24.3 Å². The summed E-state index contributed by atoms with van der Waals surface area (Å²) in [5.74, 6) is -0.312. The van der Waals surface area contributed by atoms with E-state index in [0.29, 0.717) is 10.8 Å². The van der Waals surface area contributed by atoms with Gasteiger partial charge in [-0.1, -0.05) is 17.7 Å². The lowest BCUT2D eigenvalue weighted by molar-refractivity contribution is 0.0734. The van der Waals surface area contributed by atoms with Crippen LogP contribution in [0.25, 0.3) is 0 Å². The van der Waals surface area contributed by atoms with Crippen molar-refractivity contribution in [3.05, 3.63) is 59.1 Å². The van der Waals surface area contributed by atoms with E-state index in [9.17, 15) is 13.2 Å². The number of hydrogen-bond donors (Lipinski definition) is 0. The summed E-state index contributed by atoms with van der Waals surface area (Å²) < 4.78 is 30.4. The molecule has 0 saturated heterocycles. The highest BCUT2D eigenvalue weighted by molar-refractivity contribution is 7.89. The number of nitrogens with zero attached hydrogens (tertiary/aromatic N) is 1. The Hall–Kier alpha value is -1.89. The highest BCUT2D eigenvalue weighted by atomic mass is 35.5. The fraction of sp³-hybridized carbons (Fsp3) is 0.133. The molecule has 0 saturated carbocycles. The summed E-state index contributed by atoms with van der Waals surface area (Å²) in [6.07, 6.45) is 0. The zero-order valence-electron chi connectivity index (χ0n) is 12.0. The zero-order chi connectivity index (χ0) is 16.3. The topological polar surface area (TPSA) is 63.7 Å². The number of rotatable bonds is 4. The molecule has 0 aliphatic carbocycles. The van der Waals surface area contributed by atoms with Gasteiger partial charge in [-0.25, -0.2) is 17.5 Å². The zero-order valence-corrected chi connectivity index (χ0v) is 13.6. The molecule has 0 aliphatic heterocycles. The Morgan fingerprint density at radius 3 is 2.32 bits per heavy atom. The first-order chi connectivity index (χ1) is 10.3. The molecule has 0 spiro atoms. The van der Waals surface area contributed by atoms with Crippen LogP contribution in [0.3, 0.4) is 0 Å². The lowest BCUT2D eigenvalue weighted by atomic mass is 10.2. The summed E-state index contributed by atoms with van der Waals surface area (Å²) >= 11 is 5.75. The third-order valence-electron chi connectivity index (χ3n) is 2.87. The molecule has 0 heterocycles. The molecule has 0 N–H and O–H groups in total. The Morgan fingerprint density at radius 1 is 1.09 bits per heavy atom. The maximum atomic E-state index is 12.1. The van der Waals surface area contributed by atoms with Gasteiger partial charge in [-0.05, 0) is 42.5 Å². The molecule has 2 rings (SSSR count). The molecule has 116 valence electrons. The number of halogens is 1. The van der Waals surface area contributed by atoms with Gasteiger partial charge in [0.25, 0.3) is 0 Å². The molecule has 0 radical (unpaired) electrons. The van der Waals surface area contributed by atoms with Gasteiger partial charge in [0.2, 0.25) is 10.0 Å². The first kappa shape index (κ1) is 16.5. The van der Waals surface area contributed by atoms with Gasteiger partial charge in [0.05, 0.1) is 10.5 Å². The molecule has 0 fully saturated rings. The van der Waals surface area contributed by atoms with Crippen LogP contribution in [0.5, 0.6) is 5.75 Å². The van der Waals surface area contributed by atoms with Gasteiger partial charge in [0.1, 0.15) is 5.75 Å². The van der Waals surface area contributed by atoms with Crippen LogP contribution in [0.1, 0.15) is 10.4 Å². The predicted molar refractivity (Wildman–Crippen MR) is 83.7 cm³/mol. The normalized spacial score (nSPS) is 11.5. The van der Waals surface area contributed by atoms with Crippen molar-refractivity contribution in [3.8, 4) is 5.75 Å². The molecule has 0 aromatic heterocycles. The van der Waals surface area contributed by atoms with Gasteiger partial charge in [0, 0.05) is 19.1 Å². The Labute approximate surface area is 134 Å². The minimum Gasteiger partial charge on any atom is -0.423 e.